The minimum atomic E-state index is -0.403. The number of aromatic nitrogens is 1. The third-order valence-corrected chi connectivity index (χ3v) is 5.61. The van der Waals surface area contributed by atoms with E-state index in [9.17, 15) is 14.0 Å². The summed E-state index contributed by atoms with van der Waals surface area (Å²) in [5.41, 5.74) is 3.11. The van der Waals surface area contributed by atoms with Gasteiger partial charge in [-0.1, -0.05) is 18.2 Å². The number of carbonyl (C=O) groups is 2. The smallest absolute Gasteiger partial charge is 0.317 e. The number of aromatic amines is 1. The molecule has 1 fully saturated rings. The van der Waals surface area contributed by atoms with Gasteiger partial charge in [0.05, 0.1) is 5.69 Å². The number of urea groups is 1. The van der Waals surface area contributed by atoms with E-state index in [1.807, 2.05) is 29.3 Å². The maximum absolute atomic E-state index is 14.4. The molecule has 0 radical (unpaired) electrons. The molecule has 2 N–H and O–H groups in total. The Hall–Kier alpha value is -3.35. The molecule has 30 heavy (non-hydrogen) atoms. The lowest BCUT2D eigenvalue weighted by Gasteiger charge is -2.36. The van der Waals surface area contributed by atoms with Crippen LogP contribution in [-0.2, 0) is 6.42 Å². The lowest BCUT2D eigenvalue weighted by Crippen LogP contribution is -2.52. The predicted molar refractivity (Wildman–Crippen MR) is 116 cm³/mol. The zero-order valence-corrected chi connectivity index (χ0v) is 17.0. The number of H-pyrrole nitrogens is 1. The van der Waals surface area contributed by atoms with Crippen LogP contribution in [-0.4, -0.2) is 54.4 Å². The molecule has 4 rings (SSSR count). The van der Waals surface area contributed by atoms with Gasteiger partial charge >= 0.3 is 6.03 Å². The fraction of sp³-hybridized carbons (Fsp3) is 0.304. The van der Waals surface area contributed by atoms with Gasteiger partial charge in [-0.15, -0.1) is 0 Å². The number of benzene rings is 2. The molecule has 156 valence electrons. The summed E-state index contributed by atoms with van der Waals surface area (Å²) >= 11 is 0. The van der Waals surface area contributed by atoms with Crippen molar-refractivity contribution < 1.29 is 14.0 Å². The van der Waals surface area contributed by atoms with Crippen LogP contribution in [0, 0.1) is 5.82 Å². The Morgan fingerprint density at radius 3 is 2.60 bits per heavy atom. The summed E-state index contributed by atoms with van der Waals surface area (Å²) in [5.74, 6) is -0.561. The van der Waals surface area contributed by atoms with E-state index in [1.165, 1.54) is 23.9 Å². The van der Waals surface area contributed by atoms with Gasteiger partial charge < -0.3 is 20.1 Å². The number of halogens is 1. The SMILES string of the molecule is CC(=O)c1ccc(N2CCN(C(=O)NCCc3c[nH]c4ccccc34)CC2)c(F)c1. The minimum absolute atomic E-state index is 0.0955. The average molecular weight is 408 g/mol. The molecular formula is C23H25FN4O2. The number of fused-ring (bicyclic) bond motifs is 1. The van der Waals surface area contributed by atoms with E-state index < -0.39 is 5.82 Å². The fourth-order valence-corrected chi connectivity index (χ4v) is 3.89. The van der Waals surface area contributed by atoms with E-state index in [0.717, 1.165) is 11.9 Å². The zero-order chi connectivity index (χ0) is 21.1. The van der Waals surface area contributed by atoms with E-state index in [-0.39, 0.29) is 11.8 Å². The first-order chi connectivity index (χ1) is 14.5. The number of nitrogens with zero attached hydrogens (tertiary/aromatic N) is 2. The number of hydrogen-bond donors (Lipinski definition) is 2. The fourth-order valence-electron chi connectivity index (χ4n) is 3.89. The number of hydrogen-bond acceptors (Lipinski definition) is 3. The molecule has 1 saturated heterocycles. The average Bonchev–Trinajstić information content (AvgIpc) is 3.17. The van der Waals surface area contributed by atoms with Crippen molar-refractivity contribution in [3.05, 3.63) is 65.6 Å². The minimum Gasteiger partial charge on any atom is -0.366 e. The highest BCUT2D eigenvalue weighted by Crippen LogP contribution is 2.22. The molecule has 1 aromatic heterocycles. The quantitative estimate of drug-likeness (QED) is 0.634. The van der Waals surface area contributed by atoms with Gasteiger partial charge in [-0.25, -0.2) is 9.18 Å². The molecule has 0 aliphatic carbocycles. The van der Waals surface area contributed by atoms with Crippen LogP contribution in [0.25, 0.3) is 10.9 Å². The van der Waals surface area contributed by atoms with E-state index in [1.54, 1.807) is 17.0 Å². The van der Waals surface area contributed by atoms with Gasteiger partial charge in [-0.2, -0.15) is 0 Å². The summed E-state index contributed by atoms with van der Waals surface area (Å²) < 4.78 is 14.4. The number of piperazine rings is 1. The van der Waals surface area contributed by atoms with Crippen molar-refractivity contribution in [2.24, 2.45) is 0 Å². The summed E-state index contributed by atoms with van der Waals surface area (Å²) in [6.07, 6.45) is 2.74. The Morgan fingerprint density at radius 1 is 1.10 bits per heavy atom. The van der Waals surface area contributed by atoms with Crippen LogP contribution >= 0.6 is 0 Å². The Morgan fingerprint density at radius 2 is 1.87 bits per heavy atom. The molecule has 3 aromatic rings. The molecule has 2 heterocycles. The lowest BCUT2D eigenvalue weighted by molar-refractivity contribution is 0.101. The predicted octanol–water partition coefficient (Wildman–Crippen LogP) is 3.58. The standard InChI is InChI=1S/C23H25FN4O2/c1-16(29)17-6-7-22(20(24)14-17)27-10-12-28(13-11-27)23(30)25-9-8-18-15-26-21-5-3-2-4-19(18)21/h2-7,14-15,26H,8-13H2,1H3,(H,25,30). The Balaban J connectivity index is 1.28. The molecule has 1 aliphatic heterocycles. The van der Waals surface area contributed by atoms with E-state index >= 15 is 0 Å². The number of para-hydroxylation sites is 1. The van der Waals surface area contributed by atoms with Crippen LogP contribution < -0.4 is 10.2 Å². The highest BCUT2D eigenvalue weighted by Gasteiger charge is 2.23. The van der Waals surface area contributed by atoms with Gasteiger partial charge in [-0.3, -0.25) is 4.79 Å². The van der Waals surface area contributed by atoms with Crippen LogP contribution in [0.5, 0.6) is 0 Å². The second-order valence-electron chi connectivity index (χ2n) is 7.54. The number of amides is 2. The molecule has 6 nitrogen and oxygen atoms in total. The largest absolute Gasteiger partial charge is 0.366 e. The van der Waals surface area contributed by atoms with Gasteiger partial charge in [0.15, 0.2) is 5.78 Å². The second kappa shape index (κ2) is 8.57. The number of anilines is 1. The molecule has 7 heteroatoms. The van der Waals surface area contributed by atoms with Gasteiger partial charge in [0, 0.05) is 55.4 Å². The Bertz CT molecular complexity index is 1070. The monoisotopic (exact) mass is 408 g/mol. The van der Waals surface area contributed by atoms with Crippen LogP contribution in [0.4, 0.5) is 14.9 Å². The molecule has 0 bridgehead atoms. The van der Waals surface area contributed by atoms with Crippen molar-refractivity contribution in [1.82, 2.24) is 15.2 Å². The van der Waals surface area contributed by atoms with Gasteiger partial charge in [0.2, 0.25) is 0 Å². The Kier molecular flexibility index (Phi) is 5.70. The molecule has 0 unspecified atom stereocenters. The first kappa shape index (κ1) is 19.9. The highest BCUT2D eigenvalue weighted by atomic mass is 19.1. The van der Waals surface area contributed by atoms with Crippen molar-refractivity contribution in [3.8, 4) is 0 Å². The zero-order valence-electron chi connectivity index (χ0n) is 17.0. The topological polar surface area (TPSA) is 68.4 Å². The van der Waals surface area contributed by atoms with Crippen LogP contribution in [0.1, 0.15) is 22.8 Å². The third-order valence-electron chi connectivity index (χ3n) is 5.61. The first-order valence-corrected chi connectivity index (χ1v) is 10.2. The molecule has 2 amide bonds. The van der Waals surface area contributed by atoms with Gasteiger partial charge in [0.1, 0.15) is 5.82 Å². The number of nitrogens with one attached hydrogen (secondary N) is 2. The van der Waals surface area contributed by atoms with E-state index in [4.69, 9.17) is 0 Å². The normalized spacial score (nSPS) is 14.2. The van der Waals surface area contributed by atoms with Crippen molar-refractivity contribution in [3.63, 3.8) is 0 Å². The number of carbonyl (C=O) groups excluding carboxylic acids is 2. The van der Waals surface area contributed by atoms with E-state index in [0.29, 0.717) is 44.0 Å². The van der Waals surface area contributed by atoms with Crippen LogP contribution in [0.3, 0.4) is 0 Å². The summed E-state index contributed by atoms with van der Waals surface area (Å²) in [6.45, 7) is 4.12. The summed E-state index contributed by atoms with van der Waals surface area (Å²) in [4.78, 5) is 30.8. The van der Waals surface area contributed by atoms with Gasteiger partial charge in [-0.05, 0) is 43.2 Å². The molecule has 0 saturated carbocycles. The van der Waals surface area contributed by atoms with Crippen molar-refractivity contribution in [2.45, 2.75) is 13.3 Å². The number of ketones is 1. The maximum Gasteiger partial charge on any atom is 0.317 e. The molecular weight excluding hydrogens is 383 g/mol. The second-order valence-corrected chi connectivity index (χ2v) is 7.54. The molecule has 0 atom stereocenters. The molecule has 2 aromatic carbocycles. The lowest BCUT2D eigenvalue weighted by atomic mass is 10.1. The maximum atomic E-state index is 14.4. The summed E-state index contributed by atoms with van der Waals surface area (Å²) in [7, 11) is 0. The van der Waals surface area contributed by atoms with Crippen molar-refractivity contribution in [1.29, 1.82) is 0 Å². The van der Waals surface area contributed by atoms with Gasteiger partial charge in [0.25, 0.3) is 0 Å². The first-order valence-electron chi connectivity index (χ1n) is 10.2. The summed E-state index contributed by atoms with van der Waals surface area (Å²) in [5, 5.41) is 4.16. The van der Waals surface area contributed by atoms with Crippen LogP contribution in [0.15, 0.2) is 48.7 Å². The number of Topliss-reactive ketones (excluding diaryl/α,β-unsaturated/α-hetero) is 1. The molecule has 1 aliphatic rings. The Labute approximate surface area is 174 Å². The van der Waals surface area contributed by atoms with Crippen molar-refractivity contribution >= 4 is 28.4 Å². The third kappa shape index (κ3) is 4.15. The number of rotatable bonds is 5. The van der Waals surface area contributed by atoms with E-state index in [2.05, 4.69) is 16.4 Å². The van der Waals surface area contributed by atoms with Crippen molar-refractivity contribution in [2.75, 3.05) is 37.6 Å². The van der Waals surface area contributed by atoms with Crippen LogP contribution in [0.2, 0.25) is 0 Å². The highest BCUT2D eigenvalue weighted by molar-refractivity contribution is 5.94. The summed E-state index contributed by atoms with van der Waals surface area (Å²) in [6, 6.07) is 12.6. The molecule has 0 spiro atoms.